The number of aromatic nitrogens is 1. The SMILES string of the molecule is COc1cccc2sc(OC3CCNCC3)nc12. The minimum Gasteiger partial charge on any atom is -0.494 e. The minimum absolute atomic E-state index is 0.290. The number of thiazole rings is 1. The molecule has 0 spiro atoms. The Morgan fingerprint density at radius 3 is 2.94 bits per heavy atom. The van der Waals surface area contributed by atoms with Gasteiger partial charge in [0.25, 0.3) is 5.19 Å². The molecule has 0 aliphatic carbocycles. The van der Waals surface area contributed by atoms with Crippen molar-refractivity contribution in [2.24, 2.45) is 0 Å². The molecule has 0 atom stereocenters. The molecule has 4 nitrogen and oxygen atoms in total. The fraction of sp³-hybridized carbons (Fsp3) is 0.462. The Bertz CT molecular complexity index is 535. The van der Waals surface area contributed by atoms with Crippen LogP contribution in [0.15, 0.2) is 18.2 Å². The van der Waals surface area contributed by atoms with Gasteiger partial charge in [-0.3, -0.25) is 0 Å². The largest absolute Gasteiger partial charge is 0.494 e. The van der Waals surface area contributed by atoms with Crippen LogP contribution in [-0.4, -0.2) is 31.3 Å². The lowest BCUT2D eigenvalue weighted by Gasteiger charge is -2.22. The van der Waals surface area contributed by atoms with Gasteiger partial charge in [-0.05, 0) is 38.1 Å². The van der Waals surface area contributed by atoms with Crippen LogP contribution in [0.25, 0.3) is 10.2 Å². The van der Waals surface area contributed by atoms with E-state index in [1.807, 2.05) is 18.2 Å². The highest BCUT2D eigenvalue weighted by Crippen LogP contribution is 2.34. The topological polar surface area (TPSA) is 43.4 Å². The average molecular weight is 264 g/mol. The minimum atomic E-state index is 0.290. The number of hydrogen-bond acceptors (Lipinski definition) is 5. The monoisotopic (exact) mass is 264 g/mol. The predicted octanol–water partition coefficient (Wildman–Crippen LogP) is 2.44. The molecule has 1 fully saturated rings. The lowest BCUT2D eigenvalue weighted by Crippen LogP contribution is -2.34. The van der Waals surface area contributed by atoms with E-state index in [1.165, 1.54) is 0 Å². The van der Waals surface area contributed by atoms with Crippen molar-refractivity contribution in [2.75, 3.05) is 20.2 Å². The highest BCUT2D eigenvalue weighted by Gasteiger charge is 2.17. The zero-order valence-corrected chi connectivity index (χ0v) is 11.1. The van der Waals surface area contributed by atoms with Crippen LogP contribution in [0.4, 0.5) is 0 Å². The molecule has 0 unspecified atom stereocenters. The molecule has 0 bridgehead atoms. The number of nitrogens with one attached hydrogen (secondary N) is 1. The van der Waals surface area contributed by atoms with Crippen LogP contribution in [0.3, 0.4) is 0 Å². The zero-order valence-electron chi connectivity index (χ0n) is 10.3. The normalized spacial score (nSPS) is 16.9. The van der Waals surface area contributed by atoms with E-state index in [0.717, 1.165) is 47.1 Å². The third-order valence-corrected chi connectivity index (χ3v) is 4.05. The van der Waals surface area contributed by atoms with Gasteiger partial charge >= 0.3 is 0 Å². The molecule has 1 aromatic heterocycles. The number of rotatable bonds is 3. The number of piperidine rings is 1. The van der Waals surface area contributed by atoms with Crippen LogP contribution in [-0.2, 0) is 0 Å². The van der Waals surface area contributed by atoms with Gasteiger partial charge in [-0.1, -0.05) is 17.4 Å². The second-order valence-electron chi connectivity index (χ2n) is 4.35. The van der Waals surface area contributed by atoms with Crippen molar-refractivity contribution < 1.29 is 9.47 Å². The number of para-hydroxylation sites is 1. The average Bonchev–Trinajstić information content (AvgIpc) is 2.82. The predicted molar refractivity (Wildman–Crippen MR) is 72.7 cm³/mol. The number of ether oxygens (including phenoxy) is 2. The summed E-state index contributed by atoms with van der Waals surface area (Å²) in [6, 6.07) is 5.95. The number of benzene rings is 1. The van der Waals surface area contributed by atoms with Gasteiger partial charge in [-0.2, -0.15) is 4.98 Å². The molecule has 3 rings (SSSR count). The molecule has 1 aromatic carbocycles. The van der Waals surface area contributed by atoms with E-state index in [0.29, 0.717) is 0 Å². The number of hydrogen-bond donors (Lipinski definition) is 1. The van der Waals surface area contributed by atoms with Gasteiger partial charge in [0.2, 0.25) is 0 Å². The van der Waals surface area contributed by atoms with Gasteiger partial charge in [0, 0.05) is 0 Å². The Labute approximate surface area is 110 Å². The maximum Gasteiger partial charge on any atom is 0.274 e. The zero-order chi connectivity index (χ0) is 12.4. The van der Waals surface area contributed by atoms with Crippen LogP contribution in [0.5, 0.6) is 10.9 Å². The van der Waals surface area contributed by atoms with E-state index in [9.17, 15) is 0 Å². The first-order valence-corrected chi connectivity index (χ1v) is 6.99. The van der Waals surface area contributed by atoms with Crippen LogP contribution >= 0.6 is 11.3 Å². The molecule has 1 N–H and O–H groups in total. The number of fused-ring (bicyclic) bond motifs is 1. The highest BCUT2D eigenvalue weighted by molar-refractivity contribution is 7.20. The molecular weight excluding hydrogens is 248 g/mol. The van der Waals surface area contributed by atoms with Crippen LogP contribution in [0.1, 0.15) is 12.8 Å². The summed E-state index contributed by atoms with van der Waals surface area (Å²) in [6.07, 6.45) is 2.39. The fourth-order valence-corrected chi connectivity index (χ4v) is 3.07. The molecule has 1 aliphatic heterocycles. The Morgan fingerprint density at radius 2 is 2.17 bits per heavy atom. The van der Waals surface area contributed by atoms with Crippen molar-refractivity contribution >= 4 is 21.6 Å². The van der Waals surface area contributed by atoms with Crippen LogP contribution < -0.4 is 14.8 Å². The molecule has 1 aliphatic rings. The third kappa shape index (κ3) is 2.28. The van der Waals surface area contributed by atoms with Gasteiger partial charge in [-0.25, -0.2) is 0 Å². The van der Waals surface area contributed by atoms with Gasteiger partial charge in [0.05, 0.1) is 11.8 Å². The van der Waals surface area contributed by atoms with Crippen molar-refractivity contribution in [1.29, 1.82) is 0 Å². The highest BCUT2D eigenvalue weighted by atomic mass is 32.1. The van der Waals surface area contributed by atoms with E-state index in [1.54, 1.807) is 18.4 Å². The summed E-state index contributed by atoms with van der Waals surface area (Å²) in [5, 5.41) is 4.08. The smallest absolute Gasteiger partial charge is 0.274 e. The summed E-state index contributed by atoms with van der Waals surface area (Å²) >= 11 is 1.59. The maximum atomic E-state index is 5.95. The van der Waals surface area contributed by atoms with Crippen LogP contribution in [0, 0.1) is 0 Å². The van der Waals surface area contributed by atoms with Crippen molar-refractivity contribution in [3.63, 3.8) is 0 Å². The molecule has 96 valence electrons. The standard InChI is InChI=1S/C13H16N2O2S/c1-16-10-3-2-4-11-12(10)15-13(18-11)17-9-5-7-14-8-6-9/h2-4,9,14H,5-8H2,1H3. The molecule has 0 amide bonds. The van der Waals surface area contributed by atoms with E-state index in [2.05, 4.69) is 10.3 Å². The molecule has 1 saturated heterocycles. The second-order valence-corrected chi connectivity index (χ2v) is 5.35. The summed E-state index contributed by atoms with van der Waals surface area (Å²) < 4.78 is 12.4. The Kier molecular flexibility index (Phi) is 3.34. The Morgan fingerprint density at radius 1 is 1.33 bits per heavy atom. The van der Waals surface area contributed by atoms with Crippen molar-refractivity contribution in [1.82, 2.24) is 10.3 Å². The quantitative estimate of drug-likeness (QED) is 0.924. The van der Waals surface area contributed by atoms with Gasteiger partial charge < -0.3 is 14.8 Å². The lowest BCUT2D eigenvalue weighted by molar-refractivity contribution is 0.162. The summed E-state index contributed by atoms with van der Waals surface area (Å²) in [5.74, 6) is 0.809. The molecule has 0 saturated carbocycles. The first-order valence-electron chi connectivity index (χ1n) is 6.18. The Balaban J connectivity index is 1.84. The fourth-order valence-electron chi connectivity index (χ4n) is 2.17. The molecule has 5 heteroatoms. The lowest BCUT2D eigenvalue weighted by atomic mass is 10.1. The van der Waals surface area contributed by atoms with Gasteiger partial charge in [0.15, 0.2) is 0 Å². The molecule has 18 heavy (non-hydrogen) atoms. The first kappa shape index (κ1) is 11.7. The summed E-state index contributed by atoms with van der Waals surface area (Å²) in [5.41, 5.74) is 0.897. The second kappa shape index (κ2) is 5.12. The molecule has 2 aromatic rings. The molecular formula is C13H16N2O2S. The number of nitrogens with zero attached hydrogens (tertiary/aromatic N) is 1. The summed E-state index contributed by atoms with van der Waals surface area (Å²) in [7, 11) is 1.67. The number of methoxy groups -OCH3 is 1. The Hall–Kier alpha value is -1.33. The molecule has 0 radical (unpaired) electrons. The van der Waals surface area contributed by atoms with Gasteiger partial charge in [-0.15, -0.1) is 0 Å². The van der Waals surface area contributed by atoms with E-state index < -0.39 is 0 Å². The van der Waals surface area contributed by atoms with Crippen LogP contribution in [0.2, 0.25) is 0 Å². The maximum absolute atomic E-state index is 5.95. The third-order valence-electron chi connectivity index (χ3n) is 3.14. The van der Waals surface area contributed by atoms with Crippen molar-refractivity contribution in [3.05, 3.63) is 18.2 Å². The van der Waals surface area contributed by atoms with E-state index in [4.69, 9.17) is 9.47 Å². The summed E-state index contributed by atoms with van der Waals surface area (Å²) in [4.78, 5) is 4.53. The van der Waals surface area contributed by atoms with Crippen molar-refractivity contribution in [3.8, 4) is 10.9 Å². The van der Waals surface area contributed by atoms with E-state index >= 15 is 0 Å². The van der Waals surface area contributed by atoms with Gasteiger partial charge in [0.1, 0.15) is 17.4 Å². The summed E-state index contributed by atoms with van der Waals surface area (Å²) in [6.45, 7) is 2.05. The first-order chi connectivity index (χ1) is 8.86. The van der Waals surface area contributed by atoms with Crippen molar-refractivity contribution in [2.45, 2.75) is 18.9 Å². The molecule has 2 heterocycles. The van der Waals surface area contributed by atoms with E-state index in [-0.39, 0.29) is 6.10 Å².